The Hall–Kier alpha value is -1.83. The summed E-state index contributed by atoms with van der Waals surface area (Å²) in [7, 11) is 1.43. The van der Waals surface area contributed by atoms with E-state index in [1.807, 2.05) is 0 Å². The Kier molecular flexibility index (Phi) is 5.75. The van der Waals surface area contributed by atoms with E-state index in [0.29, 0.717) is 18.9 Å². The number of aromatic nitrogens is 1. The first kappa shape index (κ1) is 16.2. The number of halogens is 3. The molecule has 1 atom stereocenters. The van der Waals surface area contributed by atoms with Crippen molar-refractivity contribution in [3.8, 4) is 0 Å². The normalized spacial score (nSPS) is 12.8. The Balaban J connectivity index is 2.34. The molecule has 0 aliphatic rings. The molecule has 2 N–H and O–H groups in total. The van der Waals surface area contributed by atoms with Crippen LogP contribution in [0, 0.1) is 0 Å². The molecule has 112 valence electrons. The second-order valence-corrected chi connectivity index (χ2v) is 4.03. The van der Waals surface area contributed by atoms with Gasteiger partial charge >= 0.3 is 6.18 Å². The van der Waals surface area contributed by atoms with Crippen molar-refractivity contribution >= 4 is 11.7 Å². The zero-order valence-electron chi connectivity index (χ0n) is 11.1. The van der Waals surface area contributed by atoms with Gasteiger partial charge in [-0.15, -0.1) is 0 Å². The lowest BCUT2D eigenvalue weighted by Gasteiger charge is -2.11. The molecule has 0 aliphatic heterocycles. The minimum atomic E-state index is -4.39. The number of rotatable bonds is 6. The highest BCUT2D eigenvalue weighted by atomic mass is 19.4. The van der Waals surface area contributed by atoms with Gasteiger partial charge in [-0.2, -0.15) is 13.2 Å². The van der Waals surface area contributed by atoms with Gasteiger partial charge < -0.3 is 15.4 Å². The van der Waals surface area contributed by atoms with Gasteiger partial charge in [-0.25, -0.2) is 4.98 Å². The van der Waals surface area contributed by atoms with Crippen LogP contribution in [0.5, 0.6) is 0 Å². The largest absolute Gasteiger partial charge is 0.417 e. The average molecular weight is 291 g/mol. The molecular weight excluding hydrogens is 275 g/mol. The van der Waals surface area contributed by atoms with Crippen LogP contribution in [0.4, 0.5) is 19.0 Å². The first-order chi connectivity index (χ1) is 9.34. The van der Waals surface area contributed by atoms with E-state index in [9.17, 15) is 18.0 Å². The van der Waals surface area contributed by atoms with Crippen LogP contribution in [-0.4, -0.2) is 37.2 Å². The zero-order valence-corrected chi connectivity index (χ0v) is 11.1. The summed E-state index contributed by atoms with van der Waals surface area (Å²) in [5, 5.41) is 5.41. The van der Waals surface area contributed by atoms with Gasteiger partial charge in [0, 0.05) is 26.4 Å². The minimum absolute atomic E-state index is 0.255. The number of nitrogens with one attached hydrogen (secondary N) is 2. The maximum absolute atomic E-state index is 12.3. The molecule has 1 aromatic heterocycles. The highest BCUT2D eigenvalue weighted by Crippen LogP contribution is 2.28. The molecule has 0 aliphatic carbocycles. The standard InChI is InChI=1S/C12H16F3N3O2/c1-8(20-2)11(19)17-6-5-16-10-4-3-9(7-18-10)12(13,14)15/h3-4,7-8H,5-6H2,1-2H3,(H,16,18)(H,17,19)/t8-/m0/s1. The summed E-state index contributed by atoms with van der Waals surface area (Å²) in [6, 6.07) is 2.18. The second-order valence-electron chi connectivity index (χ2n) is 4.03. The van der Waals surface area contributed by atoms with Gasteiger partial charge in [-0.3, -0.25) is 4.79 Å². The van der Waals surface area contributed by atoms with Crippen LogP contribution in [0.25, 0.3) is 0 Å². The lowest BCUT2D eigenvalue weighted by molar-refractivity contribution is -0.137. The van der Waals surface area contributed by atoms with Gasteiger partial charge in [0.05, 0.1) is 5.56 Å². The van der Waals surface area contributed by atoms with Gasteiger partial charge in [0.15, 0.2) is 0 Å². The number of alkyl halides is 3. The molecule has 0 saturated heterocycles. The Labute approximate surface area is 114 Å². The van der Waals surface area contributed by atoms with Crippen molar-refractivity contribution in [1.29, 1.82) is 0 Å². The molecule has 0 spiro atoms. The lowest BCUT2D eigenvalue weighted by Crippen LogP contribution is -2.36. The Morgan fingerprint density at radius 3 is 2.60 bits per heavy atom. The second kappa shape index (κ2) is 7.09. The van der Waals surface area contributed by atoms with E-state index in [-0.39, 0.29) is 5.91 Å². The fraction of sp³-hybridized carbons (Fsp3) is 0.500. The molecule has 0 unspecified atom stereocenters. The van der Waals surface area contributed by atoms with E-state index in [4.69, 9.17) is 4.74 Å². The summed E-state index contributed by atoms with van der Waals surface area (Å²) in [5.41, 5.74) is -0.801. The van der Waals surface area contributed by atoms with Crippen molar-refractivity contribution in [3.63, 3.8) is 0 Å². The summed E-state index contributed by atoms with van der Waals surface area (Å²) < 4.78 is 41.7. The molecule has 20 heavy (non-hydrogen) atoms. The topological polar surface area (TPSA) is 63.2 Å². The van der Waals surface area contributed by atoms with Crippen molar-refractivity contribution in [1.82, 2.24) is 10.3 Å². The molecule has 1 heterocycles. The van der Waals surface area contributed by atoms with Crippen LogP contribution in [0.3, 0.4) is 0 Å². The van der Waals surface area contributed by atoms with Crippen LogP contribution >= 0.6 is 0 Å². The Bertz CT molecular complexity index is 435. The molecule has 0 radical (unpaired) electrons. The number of hydrogen-bond acceptors (Lipinski definition) is 4. The van der Waals surface area contributed by atoms with Crippen molar-refractivity contribution in [2.75, 3.05) is 25.5 Å². The SMILES string of the molecule is CO[C@@H](C)C(=O)NCCNc1ccc(C(F)(F)F)cn1. The summed E-state index contributed by atoms with van der Waals surface area (Å²) in [6.45, 7) is 2.27. The van der Waals surface area contributed by atoms with Gasteiger partial charge in [0.25, 0.3) is 0 Å². The summed E-state index contributed by atoms with van der Waals surface area (Å²) >= 11 is 0. The maximum atomic E-state index is 12.3. The smallest absolute Gasteiger partial charge is 0.372 e. The molecule has 5 nitrogen and oxygen atoms in total. The molecule has 1 aromatic rings. The number of amides is 1. The number of methoxy groups -OCH3 is 1. The van der Waals surface area contributed by atoms with E-state index in [0.717, 1.165) is 12.3 Å². The predicted octanol–water partition coefficient (Wildman–Crippen LogP) is 1.66. The number of carbonyl (C=O) groups is 1. The third-order valence-electron chi connectivity index (χ3n) is 2.54. The third kappa shape index (κ3) is 5.04. The number of hydrogen-bond donors (Lipinski definition) is 2. The first-order valence-electron chi connectivity index (χ1n) is 5.92. The van der Waals surface area contributed by atoms with Crippen LogP contribution < -0.4 is 10.6 Å². The van der Waals surface area contributed by atoms with Crippen molar-refractivity contribution in [3.05, 3.63) is 23.9 Å². The minimum Gasteiger partial charge on any atom is -0.372 e. The van der Waals surface area contributed by atoms with E-state index in [2.05, 4.69) is 15.6 Å². The van der Waals surface area contributed by atoms with Gasteiger partial charge in [0.2, 0.25) is 5.91 Å². The lowest BCUT2D eigenvalue weighted by atomic mass is 10.3. The number of nitrogens with zero attached hydrogens (tertiary/aromatic N) is 1. The highest BCUT2D eigenvalue weighted by molar-refractivity contribution is 5.80. The zero-order chi connectivity index (χ0) is 15.2. The van der Waals surface area contributed by atoms with E-state index < -0.39 is 17.8 Å². The van der Waals surface area contributed by atoms with Gasteiger partial charge in [-0.1, -0.05) is 0 Å². The fourth-order valence-corrected chi connectivity index (χ4v) is 1.29. The molecule has 0 bridgehead atoms. The third-order valence-corrected chi connectivity index (χ3v) is 2.54. The molecule has 1 rings (SSSR count). The number of anilines is 1. The van der Waals surface area contributed by atoms with Crippen molar-refractivity contribution in [2.24, 2.45) is 0 Å². The predicted molar refractivity (Wildman–Crippen MR) is 67.2 cm³/mol. The van der Waals surface area contributed by atoms with Crippen LogP contribution in [-0.2, 0) is 15.7 Å². The number of carbonyl (C=O) groups excluding carboxylic acids is 1. The van der Waals surface area contributed by atoms with E-state index >= 15 is 0 Å². The molecule has 1 amide bonds. The van der Waals surface area contributed by atoms with Crippen molar-refractivity contribution < 1.29 is 22.7 Å². The van der Waals surface area contributed by atoms with Crippen LogP contribution in [0.2, 0.25) is 0 Å². The summed E-state index contributed by atoms with van der Waals surface area (Å²) in [4.78, 5) is 15.0. The monoisotopic (exact) mass is 291 g/mol. The maximum Gasteiger partial charge on any atom is 0.417 e. The van der Waals surface area contributed by atoms with Gasteiger partial charge in [0.1, 0.15) is 11.9 Å². The van der Waals surface area contributed by atoms with E-state index in [1.54, 1.807) is 6.92 Å². The number of ether oxygens (including phenoxy) is 1. The molecule has 8 heteroatoms. The summed E-state index contributed by atoms with van der Waals surface area (Å²) in [6.07, 6.45) is -4.18. The Morgan fingerprint density at radius 1 is 1.40 bits per heavy atom. The quantitative estimate of drug-likeness (QED) is 0.783. The molecule has 0 fully saturated rings. The molecule has 0 saturated carbocycles. The highest BCUT2D eigenvalue weighted by Gasteiger charge is 2.30. The van der Waals surface area contributed by atoms with Gasteiger partial charge in [-0.05, 0) is 19.1 Å². The van der Waals surface area contributed by atoms with Crippen LogP contribution in [0.15, 0.2) is 18.3 Å². The average Bonchev–Trinajstić information content (AvgIpc) is 2.42. The first-order valence-corrected chi connectivity index (χ1v) is 5.92. The Morgan fingerprint density at radius 2 is 2.10 bits per heavy atom. The fourth-order valence-electron chi connectivity index (χ4n) is 1.29. The summed E-state index contributed by atoms with van der Waals surface area (Å²) in [5.74, 6) is 0.0571. The van der Waals surface area contributed by atoms with E-state index in [1.165, 1.54) is 13.2 Å². The number of pyridine rings is 1. The molecule has 0 aromatic carbocycles. The molecular formula is C12H16F3N3O2. The van der Waals surface area contributed by atoms with Crippen molar-refractivity contribution in [2.45, 2.75) is 19.2 Å². The van der Waals surface area contributed by atoms with Crippen LogP contribution in [0.1, 0.15) is 12.5 Å².